The Morgan fingerprint density at radius 1 is 1.46 bits per heavy atom. The van der Waals surface area contributed by atoms with Gasteiger partial charge in [-0.2, -0.15) is 0 Å². The summed E-state index contributed by atoms with van der Waals surface area (Å²) < 4.78 is 0. The maximum atomic E-state index is 11.3. The van der Waals surface area contributed by atoms with Crippen LogP contribution in [0.3, 0.4) is 0 Å². The highest BCUT2D eigenvalue weighted by atomic mass is 35.5. The van der Waals surface area contributed by atoms with Crippen molar-refractivity contribution in [1.29, 1.82) is 0 Å². The molecule has 0 saturated heterocycles. The number of carbonyl (C=O) groups excluding carboxylic acids is 1. The summed E-state index contributed by atoms with van der Waals surface area (Å²) in [5.74, 6) is 1.03. The molecule has 0 aromatic carbocycles. The molecule has 0 aliphatic carbocycles. The fourth-order valence-electron chi connectivity index (χ4n) is 1.000. The molecule has 0 heterocycles. The molecule has 78 valence electrons. The summed E-state index contributed by atoms with van der Waals surface area (Å²) in [6.45, 7) is 6.20. The lowest BCUT2D eigenvalue weighted by molar-refractivity contribution is -0.122. The molecule has 0 aromatic rings. The first-order valence-corrected chi connectivity index (χ1v) is 5.50. The highest BCUT2D eigenvalue weighted by Crippen LogP contribution is 2.04. The van der Waals surface area contributed by atoms with Crippen LogP contribution in [0.4, 0.5) is 0 Å². The Balaban J connectivity index is 3.73. The number of unbranched alkanes of at least 4 members (excludes halogenated alkanes) is 1. The zero-order chi connectivity index (χ0) is 10.3. The molecule has 1 N–H and O–H groups in total. The molecule has 0 radical (unpaired) electrons. The SMILES string of the molecule is CCCCC(=O)NC(CCl)C(C)C. The number of halogens is 1. The first-order valence-electron chi connectivity index (χ1n) is 4.97. The predicted octanol–water partition coefficient (Wildman–Crippen LogP) is 2.56. The summed E-state index contributed by atoms with van der Waals surface area (Å²) in [5, 5.41) is 2.93. The summed E-state index contributed by atoms with van der Waals surface area (Å²) >= 11 is 5.73. The van der Waals surface area contributed by atoms with Gasteiger partial charge in [-0.25, -0.2) is 0 Å². The lowest BCUT2D eigenvalue weighted by Crippen LogP contribution is -2.39. The first-order chi connectivity index (χ1) is 6.11. The van der Waals surface area contributed by atoms with Crippen LogP contribution in [-0.4, -0.2) is 17.8 Å². The second-order valence-corrected chi connectivity index (χ2v) is 3.98. The van der Waals surface area contributed by atoms with Gasteiger partial charge in [-0.1, -0.05) is 27.2 Å². The van der Waals surface area contributed by atoms with Crippen LogP contribution in [0.15, 0.2) is 0 Å². The van der Waals surface area contributed by atoms with Crippen molar-refractivity contribution in [3.05, 3.63) is 0 Å². The van der Waals surface area contributed by atoms with E-state index in [2.05, 4.69) is 26.1 Å². The van der Waals surface area contributed by atoms with Gasteiger partial charge in [-0.15, -0.1) is 11.6 Å². The van der Waals surface area contributed by atoms with Crippen molar-refractivity contribution in [2.24, 2.45) is 5.92 Å². The molecule has 0 saturated carbocycles. The van der Waals surface area contributed by atoms with Gasteiger partial charge in [0.2, 0.25) is 5.91 Å². The average molecular weight is 206 g/mol. The summed E-state index contributed by atoms with van der Waals surface area (Å²) in [6.07, 6.45) is 2.64. The van der Waals surface area contributed by atoms with Gasteiger partial charge in [0.25, 0.3) is 0 Å². The molecule has 3 heteroatoms. The molecule has 0 aliphatic rings. The van der Waals surface area contributed by atoms with Crippen molar-refractivity contribution in [2.75, 3.05) is 5.88 Å². The third-order valence-corrected chi connectivity index (χ3v) is 2.41. The van der Waals surface area contributed by atoms with E-state index in [4.69, 9.17) is 11.6 Å². The maximum absolute atomic E-state index is 11.3. The van der Waals surface area contributed by atoms with E-state index in [0.29, 0.717) is 18.2 Å². The highest BCUT2D eigenvalue weighted by Gasteiger charge is 2.13. The normalized spacial score (nSPS) is 13.0. The fraction of sp³-hybridized carbons (Fsp3) is 0.900. The summed E-state index contributed by atoms with van der Waals surface area (Å²) in [6, 6.07) is 0.117. The molecule has 13 heavy (non-hydrogen) atoms. The molecule has 1 unspecified atom stereocenters. The lowest BCUT2D eigenvalue weighted by atomic mass is 10.1. The van der Waals surface area contributed by atoms with E-state index >= 15 is 0 Å². The fourth-order valence-corrected chi connectivity index (χ4v) is 1.43. The molecule has 0 rings (SSSR count). The van der Waals surface area contributed by atoms with Crippen molar-refractivity contribution in [3.8, 4) is 0 Å². The Bertz CT molecular complexity index is 148. The molecule has 2 nitrogen and oxygen atoms in total. The van der Waals surface area contributed by atoms with Gasteiger partial charge in [0.15, 0.2) is 0 Å². The lowest BCUT2D eigenvalue weighted by Gasteiger charge is -2.19. The largest absolute Gasteiger partial charge is 0.352 e. The average Bonchev–Trinajstić information content (AvgIpc) is 2.10. The van der Waals surface area contributed by atoms with Gasteiger partial charge in [0.05, 0.1) is 0 Å². The predicted molar refractivity (Wildman–Crippen MR) is 57.0 cm³/mol. The van der Waals surface area contributed by atoms with Crippen LogP contribution in [0.25, 0.3) is 0 Å². The number of nitrogens with one attached hydrogen (secondary N) is 1. The zero-order valence-corrected chi connectivity index (χ0v) is 9.53. The van der Waals surface area contributed by atoms with E-state index in [0.717, 1.165) is 12.8 Å². The Morgan fingerprint density at radius 2 is 2.08 bits per heavy atom. The van der Waals surface area contributed by atoms with E-state index in [1.165, 1.54) is 0 Å². The number of rotatable bonds is 6. The van der Waals surface area contributed by atoms with E-state index in [-0.39, 0.29) is 11.9 Å². The van der Waals surface area contributed by atoms with Crippen LogP contribution in [0, 0.1) is 5.92 Å². The topological polar surface area (TPSA) is 29.1 Å². The molecule has 0 spiro atoms. The number of amides is 1. The Labute approximate surface area is 86.0 Å². The molecule has 1 atom stereocenters. The monoisotopic (exact) mass is 205 g/mol. The molecule has 0 fully saturated rings. The van der Waals surface area contributed by atoms with Crippen LogP contribution in [0.5, 0.6) is 0 Å². The standard InChI is InChI=1S/C10H20ClNO/c1-4-5-6-10(13)12-9(7-11)8(2)3/h8-9H,4-7H2,1-3H3,(H,12,13). The van der Waals surface area contributed by atoms with Crippen molar-refractivity contribution in [1.82, 2.24) is 5.32 Å². The second kappa shape index (κ2) is 7.19. The Hall–Kier alpha value is -0.240. The van der Waals surface area contributed by atoms with Crippen molar-refractivity contribution in [2.45, 2.75) is 46.1 Å². The van der Waals surface area contributed by atoms with Gasteiger partial charge in [0.1, 0.15) is 0 Å². The van der Waals surface area contributed by atoms with Crippen molar-refractivity contribution >= 4 is 17.5 Å². The molecular weight excluding hydrogens is 186 g/mol. The number of carbonyl (C=O) groups is 1. The van der Waals surface area contributed by atoms with E-state index in [1.54, 1.807) is 0 Å². The van der Waals surface area contributed by atoms with Gasteiger partial charge in [-0.05, 0) is 12.3 Å². The molecule has 0 bridgehead atoms. The quantitative estimate of drug-likeness (QED) is 0.664. The number of hydrogen-bond donors (Lipinski definition) is 1. The third kappa shape index (κ3) is 5.92. The van der Waals surface area contributed by atoms with Crippen LogP contribution in [0.2, 0.25) is 0 Å². The van der Waals surface area contributed by atoms with Gasteiger partial charge >= 0.3 is 0 Å². The van der Waals surface area contributed by atoms with Crippen LogP contribution < -0.4 is 5.32 Å². The first kappa shape index (κ1) is 12.8. The summed E-state index contributed by atoms with van der Waals surface area (Å²) in [5.41, 5.74) is 0. The minimum atomic E-state index is 0.117. The second-order valence-electron chi connectivity index (χ2n) is 3.68. The van der Waals surface area contributed by atoms with E-state index in [1.807, 2.05) is 0 Å². The molecule has 1 amide bonds. The third-order valence-electron chi connectivity index (χ3n) is 2.07. The number of hydrogen-bond acceptors (Lipinski definition) is 1. The minimum absolute atomic E-state index is 0.117. The van der Waals surface area contributed by atoms with Gasteiger partial charge in [-0.3, -0.25) is 4.79 Å². The smallest absolute Gasteiger partial charge is 0.220 e. The minimum Gasteiger partial charge on any atom is -0.352 e. The van der Waals surface area contributed by atoms with E-state index in [9.17, 15) is 4.79 Å². The van der Waals surface area contributed by atoms with E-state index < -0.39 is 0 Å². The summed E-state index contributed by atoms with van der Waals surface area (Å²) in [7, 11) is 0. The van der Waals surface area contributed by atoms with Crippen LogP contribution in [-0.2, 0) is 4.79 Å². The van der Waals surface area contributed by atoms with Gasteiger partial charge < -0.3 is 5.32 Å². The maximum Gasteiger partial charge on any atom is 0.220 e. The zero-order valence-electron chi connectivity index (χ0n) is 8.77. The molecular formula is C10H20ClNO. The Morgan fingerprint density at radius 3 is 2.46 bits per heavy atom. The Kier molecular flexibility index (Phi) is 7.06. The molecule has 0 aliphatic heterocycles. The summed E-state index contributed by atoms with van der Waals surface area (Å²) in [4.78, 5) is 11.3. The molecule has 0 aromatic heterocycles. The van der Waals surface area contributed by atoms with Gasteiger partial charge in [0, 0.05) is 18.3 Å². The van der Waals surface area contributed by atoms with Crippen LogP contribution in [0.1, 0.15) is 40.0 Å². The highest BCUT2D eigenvalue weighted by molar-refractivity contribution is 6.18. The number of alkyl halides is 1. The van der Waals surface area contributed by atoms with Crippen molar-refractivity contribution in [3.63, 3.8) is 0 Å². The van der Waals surface area contributed by atoms with Crippen LogP contribution >= 0.6 is 11.6 Å². The van der Waals surface area contributed by atoms with Crippen molar-refractivity contribution < 1.29 is 4.79 Å².